The van der Waals surface area contributed by atoms with E-state index in [1.54, 1.807) is 29.6 Å². The van der Waals surface area contributed by atoms with Crippen molar-refractivity contribution < 1.29 is 26.7 Å². The molecular weight excluding hydrogens is 654 g/mol. The third-order valence-corrected chi connectivity index (χ3v) is 11.8. The number of benzene rings is 3. The summed E-state index contributed by atoms with van der Waals surface area (Å²) in [4.78, 5) is 5.95. The first kappa shape index (κ1) is 32.5. The van der Waals surface area contributed by atoms with E-state index in [2.05, 4.69) is 15.2 Å². The minimum atomic E-state index is -4.47. The van der Waals surface area contributed by atoms with Crippen molar-refractivity contribution >= 4 is 44.5 Å². The first-order valence-electron chi connectivity index (χ1n) is 14.9. The summed E-state index contributed by atoms with van der Waals surface area (Å²) >= 11 is 7.89. The van der Waals surface area contributed by atoms with Crippen LogP contribution in [0.2, 0.25) is 5.02 Å². The van der Waals surface area contributed by atoms with Crippen LogP contribution in [0.25, 0.3) is 0 Å². The number of nitrogens with zero attached hydrogens (tertiary/aromatic N) is 3. The van der Waals surface area contributed by atoms with Gasteiger partial charge in [-0.1, -0.05) is 29.8 Å². The Labute approximate surface area is 277 Å². The van der Waals surface area contributed by atoms with E-state index in [9.17, 15) is 12.8 Å². The van der Waals surface area contributed by atoms with Gasteiger partial charge in [-0.15, -0.1) is 11.3 Å². The lowest BCUT2D eigenvalue weighted by Crippen LogP contribution is -2.52. The summed E-state index contributed by atoms with van der Waals surface area (Å²) in [5, 5.41) is 5.03. The lowest BCUT2D eigenvalue weighted by molar-refractivity contribution is 0.0258. The summed E-state index contributed by atoms with van der Waals surface area (Å²) in [6.07, 6.45) is 3.46. The Kier molecular flexibility index (Phi) is 8.92. The van der Waals surface area contributed by atoms with Crippen molar-refractivity contribution in [3.05, 3.63) is 93.3 Å². The number of anilines is 2. The van der Waals surface area contributed by atoms with Crippen LogP contribution in [-0.2, 0) is 22.1 Å². The van der Waals surface area contributed by atoms with E-state index in [4.69, 9.17) is 21.1 Å². The van der Waals surface area contributed by atoms with Crippen molar-refractivity contribution in [2.24, 2.45) is 0 Å². The molecule has 0 unspecified atom stereocenters. The predicted octanol–water partition coefficient (Wildman–Crippen LogP) is 7.44. The molecular formula is C33H35ClF2N4O4S2. The fourth-order valence-electron chi connectivity index (χ4n) is 6.56. The van der Waals surface area contributed by atoms with Gasteiger partial charge in [0, 0.05) is 46.7 Å². The quantitative estimate of drug-likeness (QED) is 0.175. The monoisotopic (exact) mass is 688 g/mol. The SMILES string of the molecule is COc1ccc(CN(c2cscn2)S(=O)(=O)c2cc(Cl)c(N[C@]3(C)CCN(C4(c5ccccc5F)CCC4)C3)cc2F)c(OC)c1. The molecule has 244 valence electrons. The summed E-state index contributed by atoms with van der Waals surface area (Å²) < 4.78 is 70.7. The Balaban J connectivity index is 1.27. The van der Waals surface area contributed by atoms with Gasteiger partial charge in [0.1, 0.15) is 28.0 Å². The molecule has 1 aromatic heterocycles. The van der Waals surface area contributed by atoms with Gasteiger partial charge in [-0.05, 0) is 62.9 Å². The molecule has 6 rings (SSSR count). The van der Waals surface area contributed by atoms with Gasteiger partial charge in [-0.3, -0.25) is 4.90 Å². The maximum Gasteiger partial charge on any atom is 0.268 e. The second kappa shape index (κ2) is 12.6. The smallest absolute Gasteiger partial charge is 0.268 e. The molecule has 0 bridgehead atoms. The van der Waals surface area contributed by atoms with E-state index in [0.29, 0.717) is 35.6 Å². The van der Waals surface area contributed by atoms with Crippen molar-refractivity contribution in [3.63, 3.8) is 0 Å². The second-order valence-corrected chi connectivity index (χ2v) is 15.0. The number of likely N-dealkylation sites (tertiary alicyclic amines) is 1. The number of thiazole rings is 1. The highest BCUT2D eigenvalue weighted by atomic mass is 35.5. The van der Waals surface area contributed by atoms with Crippen LogP contribution >= 0.6 is 22.9 Å². The molecule has 1 atom stereocenters. The molecule has 46 heavy (non-hydrogen) atoms. The summed E-state index contributed by atoms with van der Waals surface area (Å²) in [6, 6.07) is 14.2. The number of sulfonamides is 1. The summed E-state index contributed by atoms with van der Waals surface area (Å²) in [7, 11) is -1.48. The maximum absolute atomic E-state index is 15.9. The molecule has 13 heteroatoms. The van der Waals surface area contributed by atoms with Crippen LogP contribution in [0.15, 0.2) is 70.4 Å². The summed E-state index contributed by atoms with van der Waals surface area (Å²) in [5.74, 6) is -0.0695. The van der Waals surface area contributed by atoms with Gasteiger partial charge in [0.05, 0.1) is 37.0 Å². The van der Waals surface area contributed by atoms with Gasteiger partial charge in [-0.25, -0.2) is 26.5 Å². The van der Waals surface area contributed by atoms with E-state index in [1.165, 1.54) is 37.1 Å². The van der Waals surface area contributed by atoms with Crippen LogP contribution < -0.4 is 19.1 Å². The molecule has 1 aliphatic heterocycles. The van der Waals surface area contributed by atoms with Crippen molar-refractivity contribution in [2.45, 2.75) is 55.1 Å². The third kappa shape index (κ3) is 5.92. The lowest BCUT2D eigenvalue weighted by Gasteiger charge is -2.50. The maximum atomic E-state index is 15.9. The van der Waals surface area contributed by atoms with Gasteiger partial charge >= 0.3 is 0 Å². The van der Waals surface area contributed by atoms with Gasteiger partial charge in [0.2, 0.25) is 0 Å². The number of ether oxygens (including phenoxy) is 2. The molecule has 0 radical (unpaired) electrons. The first-order chi connectivity index (χ1) is 22.0. The normalized spacial score (nSPS) is 19.4. The third-order valence-electron chi connectivity index (χ3n) is 9.14. The van der Waals surface area contributed by atoms with E-state index >= 15 is 4.39 Å². The van der Waals surface area contributed by atoms with E-state index in [0.717, 1.165) is 42.2 Å². The first-order valence-corrected chi connectivity index (χ1v) is 17.6. The summed E-state index contributed by atoms with van der Waals surface area (Å²) in [6.45, 7) is 3.15. The zero-order chi connectivity index (χ0) is 32.7. The minimum absolute atomic E-state index is 0.0624. The zero-order valence-corrected chi connectivity index (χ0v) is 28.1. The number of aromatic nitrogens is 1. The molecule has 1 saturated heterocycles. The topological polar surface area (TPSA) is 84.0 Å². The highest BCUT2D eigenvalue weighted by molar-refractivity contribution is 7.92. The highest BCUT2D eigenvalue weighted by Crippen LogP contribution is 2.50. The molecule has 1 saturated carbocycles. The van der Waals surface area contributed by atoms with Crippen LogP contribution in [0.4, 0.5) is 20.3 Å². The molecule has 8 nitrogen and oxygen atoms in total. The molecule has 0 amide bonds. The molecule has 0 spiro atoms. The van der Waals surface area contributed by atoms with Crippen LogP contribution in [-0.4, -0.2) is 51.1 Å². The Morgan fingerprint density at radius 3 is 2.50 bits per heavy atom. The second-order valence-electron chi connectivity index (χ2n) is 12.0. The Bertz CT molecular complexity index is 1840. The van der Waals surface area contributed by atoms with Crippen LogP contribution in [0, 0.1) is 11.6 Å². The minimum Gasteiger partial charge on any atom is -0.497 e. The molecule has 4 aromatic rings. The van der Waals surface area contributed by atoms with Gasteiger partial charge < -0.3 is 14.8 Å². The zero-order valence-electron chi connectivity index (χ0n) is 25.7. The summed E-state index contributed by atoms with van der Waals surface area (Å²) in [5.41, 5.74) is 2.15. The predicted molar refractivity (Wildman–Crippen MR) is 177 cm³/mol. The number of nitrogens with one attached hydrogen (secondary N) is 1. The van der Waals surface area contributed by atoms with Crippen LogP contribution in [0.3, 0.4) is 0 Å². The average molecular weight is 689 g/mol. The Hall–Kier alpha value is -3.45. The van der Waals surface area contributed by atoms with Gasteiger partial charge in [-0.2, -0.15) is 0 Å². The van der Waals surface area contributed by atoms with E-state index in [-0.39, 0.29) is 34.4 Å². The Morgan fingerprint density at radius 2 is 1.85 bits per heavy atom. The fraction of sp³-hybridized carbons (Fsp3) is 0.364. The fourth-order valence-corrected chi connectivity index (χ4v) is 8.90. The lowest BCUT2D eigenvalue weighted by atomic mass is 9.70. The highest BCUT2D eigenvalue weighted by Gasteiger charge is 2.50. The van der Waals surface area contributed by atoms with Crippen molar-refractivity contribution in [3.8, 4) is 11.5 Å². The van der Waals surface area contributed by atoms with E-state index in [1.807, 2.05) is 19.1 Å². The van der Waals surface area contributed by atoms with Crippen molar-refractivity contribution in [1.82, 2.24) is 9.88 Å². The average Bonchev–Trinajstić information content (AvgIpc) is 3.68. The molecule has 2 aliphatic rings. The van der Waals surface area contributed by atoms with Crippen LogP contribution in [0.5, 0.6) is 11.5 Å². The number of hydrogen-bond donors (Lipinski definition) is 1. The number of rotatable bonds is 11. The largest absolute Gasteiger partial charge is 0.497 e. The molecule has 1 N–H and O–H groups in total. The standard InChI is InChI=1S/C33H35ClF2N4O4S2/c1-32(13-14-39(20-32)33(11-6-12-33)24-7-4-5-8-26(24)35)38-28-17-27(36)30(16-25(28)34)46(41,42)40(31-19-45-21-37-31)18-22-9-10-23(43-2)15-29(22)44-3/h4-5,7-10,15-17,19,21,38H,6,11-14,18,20H2,1-3H3/t32-/m1/s1. The van der Waals surface area contributed by atoms with Crippen LogP contribution in [0.1, 0.15) is 43.7 Å². The number of hydrogen-bond acceptors (Lipinski definition) is 8. The van der Waals surface area contributed by atoms with Gasteiger partial charge in [0.25, 0.3) is 10.0 Å². The number of methoxy groups -OCH3 is 2. The van der Waals surface area contributed by atoms with Crippen molar-refractivity contribution in [2.75, 3.05) is 36.9 Å². The molecule has 2 heterocycles. The van der Waals surface area contributed by atoms with E-state index < -0.39 is 26.3 Å². The molecule has 2 fully saturated rings. The molecule has 3 aromatic carbocycles. The van der Waals surface area contributed by atoms with Crippen molar-refractivity contribution in [1.29, 1.82) is 0 Å². The number of halogens is 3. The molecule has 1 aliphatic carbocycles. The van der Waals surface area contributed by atoms with Gasteiger partial charge in [0.15, 0.2) is 5.82 Å². The Morgan fingerprint density at radius 1 is 1.07 bits per heavy atom.